The molecule has 6 heteroatoms. The summed E-state index contributed by atoms with van der Waals surface area (Å²) in [6.07, 6.45) is 5.88. The van der Waals surface area contributed by atoms with E-state index < -0.39 is 0 Å². The van der Waals surface area contributed by atoms with E-state index in [1.165, 1.54) is 24.6 Å². The van der Waals surface area contributed by atoms with Crippen LogP contribution in [0.25, 0.3) is 0 Å². The van der Waals surface area contributed by atoms with Crippen molar-refractivity contribution in [1.29, 1.82) is 0 Å². The van der Waals surface area contributed by atoms with Gasteiger partial charge in [-0.15, -0.1) is 10.2 Å². The minimum absolute atomic E-state index is 0.264. The van der Waals surface area contributed by atoms with Gasteiger partial charge in [-0.05, 0) is 12.2 Å². The molecule has 2 rings (SSSR count). The van der Waals surface area contributed by atoms with Gasteiger partial charge < -0.3 is 0 Å². The summed E-state index contributed by atoms with van der Waals surface area (Å²) in [6, 6.07) is 0. The van der Waals surface area contributed by atoms with Gasteiger partial charge in [0.1, 0.15) is 0 Å². The topological polar surface area (TPSA) is 83.6 Å². The summed E-state index contributed by atoms with van der Waals surface area (Å²) in [4.78, 5) is 19.3. The molecule has 0 saturated heterocycles. The number of rotatable bonds is 0. The van der Waals surface area contributed by atoms with E-state index in [2.05, 4.69) is 20.5 Å². The molecule has 68 valence electrons. The standard InChI is InChI=1S/2C4H2N2O/c2*7-3-4-1-2-5-6-4/h2*1-2H. The molecule has 0 aromatic heterocycles. The summed E-state index contributed by atoms with van der Waals surface area (Å²) < 4.78 is 0. The molecular weight excluding hydrogens is 184 g/mol. The van der Waals surface area contributed by atoms with Crippen molar-refractivity contribution in [1.82, 2.24) is 0 Å². The van der Waals surface area contributed by atoms with Gasteiger partial charge in [0.2, 0.25) is 0 Å². The lowest BCUT2D eigenvalue weighted by Crippen LogP contribution is -1.60. The van der Waals surface area contributed by atoms with Crippen molar-refractivity contribution in [2.45, 2.75) is 0 Å². The monoisotopic (exact) mass is 188 g/mol. The lowest BCUT2D eigenvalue weighted by atomic mass is 10.5. The molecule has 0 amide bonds. The maximum atomic E-state index is 9.64. The number of carbonyl (C=O) groups excluding carboxylic acids is 2. The van der Waals surface area contributed by atoms with Gasteiger partial charge in [0.25, 0.3) is 0 Å². The SMILES string of the molecule is O=C=C1C=CN=N1.O=C=C1C=CN=N1. The van der Waals surface area contributed by atoms with Crippen LogP contribution in [0.15, 0.2) is 56.4 Å². The zero-order chi connectivity index (χ0) is 10.2. The van der Waals surface area contributed by atoms with Crippen LogP contribution in [-0.4, -0.2) is 11.9 Å². The van der Waals surface area contributed by atoms with Crippen molar-refractivity contribution in [3.8, 4) is 0 Å². The summed E-state index contributed by atoms with van der Waals surface area (Å²) in [6.45, 7) is 0. The van der Waals surface area contributed by atoms with Crippen LogP contribution < -0.4 is 0 Å². The highest BCUT2D eigenvalue weighted by molar-refractivity contribution is 5.57. The third-order valence-electron chi connectivity index (χ3n) is 1.14. The highest BCUT2D eigenvalue weighted by Gasteiger charge is 1.91. The van der Waals surface area contributed by atoms with E-state index in [9.17, 15) is 9.59 Å². The number of azo groups is 2. The molecule has 2 heterocycles. The van der Waals surface area contributed by atoms with Gasteiger partial charge in [-0.25, -0.2) is 9.59 Å². The molecule has 0 spiro atoms. The minimum atomic E-state index is 0.264. The van der Waals surface area contributed by atoms with Crippen LogP contribution in [0.1, 0.15) is 0 Å². The molecule has 0 bridgehead atoms. The number of nitrogens with zero attached hydrogens (tertiary/aromatic N) is 4. The van der Waals surface area contributed by atoms with E-state index in [0.29, 0.717) is 0 Å². The van der Waals surface area contributed by atoms with Crippen LogP contribution in [0.4, 0.5) is 0 Å². The number of hydrogen-bond acceptors (Lipinski definition) is 6. The molecule has 0 fully saturated rings. The summed E-state index contributed by atoms with van der Waals surface area (Å²) in [5.74, 6) is 3.17. The molecule has 0 atom stereocenters. The smallest absolute Gasteiger partial charge is 0.171 e. The van der Waals surface area contributed by atoms with E-state index >= 15 is 0 Å². The molecule has 0 N–H and O–H groups in total. The molecule has 14 heavy (non-hydrogen) atoms. The molecule has 6 nitrogen and oxygen atoms in total. The normalized spacial score (nSPS) is 15.1. The second-order valence-electron chi connectivity index (χ2n) is 2.04. The van der Waals surface area contributed by atoms with E-state index in [0.717, 1.165) is 0 Å². The Morgan fingerprint density at radius 2 is 1.29 bits per heavy atom. The van der Waals surface area contributed by atoms with E-state index in [1.807, 2.05) is 0 Å². The fourth-order valence-electron chi connectivity index (χ4n) is 0.574. The van der Waals surface area contributed by atoms with Crippen LogP contribution in [-0.2, 0) is 9.59 Å². The number of allylic oxidation sites excluding steroid dienone is 2. The van der Waals surface area contributed by atoms with E-state index in [-0.39, 0.29) is 11.4 Å². The van der Waals surface area contributed by atoms with Crippen molar-refractivity contribution in [2.24, 2.45) is 20.5 Å². The van der Waals surface area contributed by atoms with Crippen LogP contribution in [0, 0.1) is 0 Å². The molecule has 0 aromatic carbocycles. The van der Waals surface area contributed by atoms with Gasteiger partial charge in [0.15, 0.2) is 23.3 Å². The minimum Gasteiger partial charge on any atom is -0.231 e. The summed E-state index contributed by atoms with van der Waals surface area (Å²) >= 11 is 0. The Morgan fingerprint density at radius 1 is 0.857 bits per heavy atom. The molecular formula is C8H4N4O2. The van der Waals surface area contributed by atoms with Gasteiger partial charge in [-0.2, -0.15) is 10.2 Å². The second-order valence-corrected chi connectivity index (χ2v) is 2.04. The largest absolute Gasteiger partial charge is 0.231 e. The van der Waals surface area contributed by atoms with Crippen LogP contribution in [0.3, 0.4) is 0 Å². The van der Waals surface area contributed by atoms with Gasteiger partial charge in [0, 0.05) is 0 Å². The first kappa shape index (κ1) is 9.67. The highest BCUT2D eigenvalue weighted by atomic mass is 16.1. The van der Waals surface area contributed by atoms with Gasteiger partial charge in [0.05, 0.1) is 12.4 Å². The summed E-state index contributed by atoms with van der Waals surface area (Å²) in [5, 5.41) is 13.5. The predicted octanol–water partition coefficient (Wildman–Crippen LogP) is 1.36. The summed E-state index contributed by atoms with van der Waals surface area (Å²) in [7, 11) is 0. The molecule has 0 aliphatic carbocycles. The Kier molecular flexibility index (Phi) is 3.64. The average molecular weight is 188 g/mol. The lowest BCUT2D eigenvalue weighted by Gasteiger charge is -1.64. The zero-order valence-electron chi connectivity index (χ0n) is 6.91. The van der Waals surface area contributed by atoms with Gasteiger partial charge >= 0.3 is 0 Å². The van der Waals surface area contributed by atoms with E-state index in [4.69, 9.17) is 0 Å². The van der Waals surface area contributed by atoms with Crippen molar-refractivity contribution in [3.63, 3.8) is 0 Å². The van der Waals surface area contributed by atoms with Crippen molar-refractivity contribution in [3.05, 3.63) is 35.9 Å². The second kappa shape index (κ2) is 5.27. The fourth-order valence-corrected chi connectivity index (χ4v) is 0.574. The Bertz CT molecular complexity index is 362. The third kappa shape index (κ3) is 2.91. The highest BCUT2D eigenvalue weighted by Crippen LogP contribution is 2.02. The molecule has 2 aliphatic heterocycles. The van der Waals surface area contributed by atoms with Crippen LogP contribution >= 0.6 is 0 Å². The predicted molar refractivity (Wildman–Crippen MR) is 46.4 cm³/mol. The first-order valence-corrected chi connectivity index (χ1v) is 3.52. The van der Waals surface area contributed by atoms with Crippen molar-refractivity contribution in [2.75, 3.05) is 0 Å². The Labute approximate surface area is 78.7 Å². The summed E-state index contributed by atoms with van der Waals surface area (Å²) in [5.41, 5.74) is 0.528. The maximum absolute atomic E-state index is 9.64. The average Bonchev–Trinajstić information content (AvgIpc) is 2.92. The molecule has 0 saturated carbocycles. The van der Waals surface area contributed by atoms with Gasteiger partial charge in [-0.3, -0.25) is 0 Å². The Balaban J connectivity index is 0.000000140. The Hall–Kier alpha value is -2.42. The fraction of sp³-hybridized carbons (Fsp3) is 0. The zero-order valence-corrected chi connectivity index (χ0v) is 6.91. The third-order valence-corrected chi connectivity index (χ3v) is 1.14. The van der Waals surface area contributed by atoms with E-state index in [1.54, 1.807) is 11.9 Å². The van der Waals surface area contributed by atoms with Crippen molar-refractivity contribution >= 4 is 11.9 Å². The first-order chi connectivity index (χ1) is 6.86. The first-order valence-electron chi connectivity index (χ1n) is 3.52. The maximum Gasteiger partial charge on any atom is 0.171 e. The molecule has 0 unspecified atom stereocenters. The number of hydrogen-bond donors (Lipinski definition) is 0. The van der Waals surface area contributed by atoms with Crippen LogP contribution in [0.5, 0.6) is 0 Å². The molecule has 0 aromatic rings. The van der Waals surface area contributed by atoms with Gasteiger partial charge in [-0.1, -0.05) is 0 Å². The quantitative estimate of drug-likeness (QED) is 0.537. The molecule has 0 radical (unpaired) electrons. The van der Waals surface area contributed by atoms with Crippen molar-refractivity contribution < 1.29 is 9.59 Å². The lowest BCUT2D eigenvalue weighted by molar-refractivity contribution is 0.566. The van der Waals surface area contributed by atoms with Crippen LogP contribution in [0.2, 0.25) is 0 Å². The molecule has 2 aliphatic rings. The Morgan fingerprint density at radius 3 is 1.43 bits per heavy atom.